The monoisotopic (exact) mass is 218 g/mol. The molecule has 0 unspecified atom stereocenters. The van der Waals surface area contributed by atoms with Gasteiger partial charge in [0.1, 0.15) is 5.78 Å². The lowest BCUT2D eigenvalue weighted by atomic mass is 9.81. The van der Waals surface area contributed by atoms with Crippen molar-refractivity contribution in [1.82, 2.24) is 5.23 Å². The second-order valence-corrected chi connectivity index (χ2v) is 4.58. The van der Waals surface area contributed by atoms with Gasteiger partial charge in [0, 0.05) is 30.7 Å². The maximum absolute atomic E-state index is 11.6. The first-order chi connectivity index (χ1) is 7.68. The van der Waals surface area contributed by atoms with E-state index in [1.807, 2.05) is 24.3 Å². The SMILES string of the molecule is O=C1C[C@H]2c3ccccc3[C@H](C1)C2N([O-])O. The van der Waals surface area contributed by atoms with Crippen molar-refractivity contribution < 1.29 is 10.0 Å². The molecule has 0 saturated heterocycles. The number of benzene rings is 1. The molecule has 16 heavy (non-hydrogen) atoms. The fraction of sp³-hybridized carbons (Fsp3) is 0.417. The van der Waals surface area contributed by atoms with Gasteiger partial charge in [-0.2, -0.15) is 0 Å². The van der Waals surface area contributed by atoms with E-state index in [0.717, 1.165) is 11.1 Å². The van der Waals surface area contributed by atoms with Crippen molar-refractivity contribution in [1.29, 1.82) is 0 Å². The number of hydrogen-bond donors (Lipinski definition) is 1. The Morgan fingerprint density at radius 1 is 1.19 bits per heavy atom. The number of ketones is 1. The summed E-state index contributed by atoms with van der Waals surface area (Å²) < 4.78 is 0. The fourth-order valence-corrected chi connectivity index (χ4v) is 3.18. The Labute approximate surface area is 93.0 Å². The first-order valence-electron chi connectivity index (χ1n) is 5.44. The number of hydrogen-bond acceptors (Lipinski definition) is 4. The Bertz CT molecular complexity index is 409. The van der Waals surface area contributed by atoms with E-state index in [1.54, 1.807) is 0 Å². The van der Waals surface area contributed by atoms with Crippen LogP contribution in [0.25, 0.3) is 0 Å². The third-order valence-electron chi connectivity index (χ3n) is 3.77. The molecule has 1 N–H and O–H groups in total. The van der Waals surface area contributed by atoms with Gasteiger partial charge in [-0.05, 0) is 11.1 Å². The molecular weight excluding hydrogens is 206 g/mol. The Morgan fingerprint density at radius 2 is 1.69 bits per heavy atom. The highest BCUT2D eigenvalue weighted by atomic mass is 16.8. The first kappa shape index (κ1) is 9.96. The van der Waals surface area contributed by atoms with E-state index < -0.39 is 6.04 Å². The Balaban J connectivity index is 2.11. The van der Waals surface area contributed by atoms with Gasteiger partial charge >= 0.3 is 0 Å². The van der Waals surface area contributed by atoms with E-state index in [-0.39, 0.29) is 22.8 Å². The lowest BCUT2D eigenvalue weighted by Gasteiger charge is -2.38. The average molecular weight is 218 g/mol. The number of carbonyl (C=O) groups excluding carboxylic acids is 1. The van der Waals surface area contributed by atoms with Crippen molar-refractivity contribution >= 4 is 5.78 Å². The molecule has 2 bridgehead atoms. The molecule has 1 fully saturated rings. The minimum absolute atomic E-state index is 0.0434. The number of fused-ring (bicyclic) bond motifs is 5. The molecule has 1 saturated carbocycles. The molecule has 0 aromatic heterocycles. The summed E-state index contributed by atoms with van der Waals surface area (Å²) in [5.41, 5.74) is 2.11. The molecule has 2 aliphatic rings. The smallest absolute Gasteiger partial charge is 0.134 e. The molecule has 84 valence electrons. The molecule has 4 nitrogen and oxygen atoms in total. The van der Waals surface area contributed by atoms with Gasteiger partial charge in [-0.25, -0.2) is 0 Å². The highest BCUT2D eigenvalue weighted by Crippen LogP contribution is 2.50. The van der Waals surface area contributed by atoms with E-state index in [4.69, 9.17) is 0 Å². The van der Waals surface area contributed by atoms with Crippen LogP contribution >= 0.6 is 0 Å². The van der Waals surface area contributed by atoms with E-state index in [2.05, 4.69) is 0 Å². The van der Waals surface area contributed by atoms with Crippen LogP contribution < -0.4 is 0 Å². The van der Waals surface area contributed by atoms with Gasteiger partial charge in [0.15, 0.2) is 0 Å². The van der Waals surface area contributed by atoms with Crippen molar-refractivity contribution in [3.05, 3.63) is 40.6 Å². The Morgan fingerprint density at radius 3 is 2.12 bits per heavy atom. The van der Waals surface area contributed by atoms with E-state index in [1.165, 1.54) is 0 Å². The van der Waals surface area contributed by atoms with Gasteiger partial charge in [0.25, 0.3) is 0 Å². The molecule has 0 spiro atoms. The van der Waals surface area contributed by atoms with Gasteiger partial charge in [0.2, 0.25) is 0 Å². The van der Waals surface area contributed by atoms with E-state index in [0.29, 0.717) is 12.8 Å². The molecule has 2 atom stereocenters. The molecule has 0 amide bonds. The third-order valence-corrected chi connectivity index (χ3v) is 3.77. The van der Waals surface area contributed by atoms with Crippen LogP contribution in [0.15, 0.2) is 24.3 Å². The lowest BCUT2D eigenvalue weighted by molar-refractivity contribution is -0.129. The molecule has 4 heteroatoms. The van der Waals surface area contributed by atoms with Gasteiger partial charge in [0.05, 0.1) is 0 Å². The number of hydroxylamine groups is 2. The van der Waals surface area contributed by atoms with Gasteiger partial charge in [-0.15, -0.1) is 0 Å². The standard InChI is InChI=1S/C12H12NO3/c14-7-5-10-8-3-1-2-4-9(8)11(6-7)12(10)13(15)16/h1-4,10-12,15H,5-6H2/q-1/t10-,11-/m0/s1. The summed E-state index contributed by atoms with van der Waals surface area (Å²) in [5.74, 6) is -0.0841. The zero-order chi connectivity index (χ0) is 11.3. The van der Waals surface area contributed by atoms with Gasteiger partial charge < -0.3 is 10.4 Å². The highest BCUT2D eigenvalue weighted by molar-refractivity contribution is 5.83. The van der Waals surface area contributed by atoms with Crippen molar-refractivity contribution in [2.24, 2.45) is 0 Å². The van der Waals surface area contributed by atoms with Crippen molar-refractivity contribution in [3.63, 3.8) is 0 Å². The topological polar surface area (TPSA) is 63.6 Å². The lowest BCUT2D eigenvalue weighted by Crippen LogP contribution is -2.39. The summed E-state index contributed by atoms with van der Waals surface area (Å²) in [5, 5.41) is 20.4. The number of carbonyl (C=O) groups is 1. The van der Waals surface area contributed by atoms with Crippen LogP contribution in [0.4, 0.5) is 0 Å². The van der Waals surface area contributed by atoms with Crippen LogP contribution in [0.1, 0.15) is 35.8 Å². The maximum Gasteiger partial charge on any atom is 0.134 e. The highest BCUT2D eigenvalue weighted by Gasteiger charge is 2.46. The van der Waals surface area contributed by atoms with Crippen molar-refractivity contribution in [2.75, 3.05) is 0 Å². The quantitative estimate of drug-likeness (QED) is 0.730. The van der Waals surface area contributed by atoms with E-state index >= 15 is 0 Å². The summed E-state index contributed by atoms with van der Waals surface area (Å²) in [6.45, 7) is 0. The third kappa shape index (κ3) is 1.24. The molecular formula is C12H12NO3-. The van der Waals surface area contributed by atoms with Crippen LogP contribution in [0.5, 0.6) is 0 Å². The molecule has 0 radical (unpaired) electrons. The summed E-state index contributed by atoms with van der Waals surface area (Å²) in [4.78, 5) is 11.6. The minimum atomic E-state index is -0.477. The average Bonchev–Trinajstić information content (AvgIpc) is 2.47. The maximum atomic E-state index is 11.6. The molecule has 2 aliphatic carbocycles. The van der Waals surface area contributed by atoms with E-state index in [9.17, 15) is 15.2 Å². The Hall–Kier alpha value is -1.23. The second-order valence-electron chi connectivity index (χ2n) is 4.58. The summed E-state index contributed by atoms with van der Waals surface area (Å²) in [6.07, 6.45) is 0.745. The van der Waals surface area contributed by atoms with Crippen LogP contribution in [-0.2, 0) is 4.79 Å². The summed E-state index contributed by atoms with van der Waals surface area (Å²) >= 11 is 0. The second kappa shape index (κ2) is 3.38. The van der Waals surface area contributed by atoms with Crippen molar-refractivity contribution in [2.45, 2.75) is 30.7 Å². The molecule has 0 heterocycles. The summed E-state index contributed by atoms with van der Waals surface area (Å²) in [7, 11) is 0. The van der Waals surface area contributed by atoms with Crippen LogP contribution in [0.3, 0.4) is 0 Å². The number of Topliss-reactive ketones (excluding diaryl/α,β-unsaturated/α-hetero) is 1. The summed E-state index contributed by atoms with van der Waals surface area (Å²) in [6, 6.07) is 7.25. The van der Waals surface area contributed by atoms with Crippen LogP contribution in [0.2, 0.25) is 0 Å². The normalized spacial score (nSPS) is 31.9. The van der Waals surface area contributed by atoms with Crippen LogP contribution in [0, 0.1) is 5.21 Å². The largest absolute Gasteiger partial charge is 0.762 e. The van der Waals surface area contributed by atoms with Crippen LogP contribution in [-0.4, -0.2) is 22.3 Å². The predicted molar refractivity (Wildman–Crippen MR) is 56.9 cm³/mol. The molecule has 3 rings (SSSR count). The minimum Gasteiger partial charge on any atom is -0.762 e. The zero-order valence-corrected chi connectivity index (χ0v) is 8.67. The predicted octanol–water partition coefficient (Wildman–Crippen LogP) is 1.79. The van der Waals surface area contributed by atoms with Crippen molar-refractivity contribution in [3.8, 4) is 0 Å². The molecule has 1 aromatic carbocycles. The Kier molecular flexibility index (Phi) is 2.10. The zero-order valence-electron chi connectivity index (χ0n) is 8.67. The number of rotatable bonds is 1. The van der Waals surface area contributed by atoms with Gasteiger partial charge in [-0.1, -0.05) is 24.3 Å². The van der Waals surface area contributed by atoms with Gasteiger partial charge in [-0.3, -0.25) is 10.0 Å². The first-order valence-corrected chi connectivity index (χ1v) is 5.44. The molecule has 0 aliphatic heterocycles. The fourth-order valence-electron chi connectivity index (χ4n) is 3.18. The molecule has 1 aromatic rings. The number of nitrogens with zero attached hydrogens (tertiary/aromatic N) is 1.